The molecule has 0 atom stereocenters. The highest BCUT2D eigenvalue weighted by Gasteiger charge is 2.27. The van der Waals surface area contributed by atoms with Gasteiger partial charge in [0.1, 0.15) is 21.2 Å². The monoisotopic (exact) mass is 516 g/mol. The third kappa shape index (κ3) is 4.80. The first kappa shape index (κ1) is 24.5. The molecule has 0 heterocycles. The van der Waals surface area contributed by atoms with Gasteiger partial charge in [0.2, 0.25) is 0 Å². The van der Waals surface area contributed by atoms with Crippen LogP contribution >= 0.6 is 0 Å². The molecule has 0 spiro atoms. The summed E-state index contributed by atoms with van der Waals surface area (Å²) in [6.45, 7) is 1.31. The average molecular weight is 517 g/mol. The standard InChI is InChI=1S/C17H14N3O10S3/c1-8-6-13(33(28,29)30)17(21)11-7-12(32(25,26)27)16(15(18)14(8)11)20-19-9-2-4-10(5-3-9)31(22,23)24/h2-5,7,21H,18H2,1H3,(H,22,23,24)(H,25,26,27)(H,28,29,30). The number of nitrogen functional groups attached to an aromatic ring is 1. The maximum atomic E-state index is 11.9. The zero-order valence-corrected chi connectivity index (χ0v) is 18.8. The summed E-state index contributed by atoms with van der Waals surface area (Å²) in [6.07, 6.45) is 0. The Kier molecular flexibility index (Phi) is 5.95. The van der Waals surface area contributed by atoms with Gasteiger partial charge < -0.3 is 10.8 Å². The molecular formula is C17H14N3O10S3. The van der Waals surface area contributed by atoms with E-state index >= 15 is 0 Å². The van der Waals surface area contributed by atoms with Crippen molar-refractivity contribution in [3.05, 3.63) is 42.0 Å². The molecule has 3 rings (SSSR count). The minimum absolute atomic E-state index is 0.0102. The van der Waals surface area contributed by atoms with E-state index in [9.17, 15) is 39.5 Å². The van der Waals surface area contributed by atoms with E-state index in [-0.39, 0.29) is 16.6 Å². The first-order valence-electron chi connectivity index (χ1n) is 8.47. The molecule has 175 valence electrons. The second kappa shape index (κ2) is 8.01. The minimum atomic E-state index is -5.04. The van der Waals surface area contributed by atoms with Gasteiger partial charge in [0.25, 0.3) is 30.4 Å². The van der Waals surface area contributed by atoms with Crippen LogP contribution in [-0.4, -0.2) is 44.0 Å². The molecule has 0 amide bonds. The Hall–Kier alpha value is -3.15. The maximum absolute atomic E-state index is 11.9. The zero-order valence-electron chi connectivity index (χ0n) is 16.3. The van der Waals surface area contributed by atoms with Crippen LogP contribution in [0.25, 0.3) is 10.8 Å². The van der Waals surface area contributed by atoms with Gasteiger partial charge in [0.05, 0.1) is 16.3 Å². The second-order valence-corrected chi connectivity index (χ2v) is 10.8. The highest BCUT2D eigenvalue weighted by Crippen LogP contribution is 2.44. The predicted octanol–water partition coefficient (Wildman–Crippen LogP) is 2.39. The first-order valence-corrected chi connectivity index (χ1v) is 12.8. The molecule has 0 aliphatic rings. The van der Waals surface area contributed by atoms with Gasteiger partial charge in [-0.1, -0.05) is 0 Å². The largest absolute Gasteiger partial charge is 0.506 e. The summed E-state index contributed by atoms with van der Waals surface area (Å²) in [5.74, 6) is -1.06. The molecule has 16 heteroatoms. The lowest BCUT2D eigenvalue weighted by Gasteiger charge is -2.14. The number of fused-ring (bicyclic) bond motifs is 1. The van der Waals surface area contributed by atoms with Crippen molar-refractivity contribution in [1.29, 1.82) is 0 Å². The normalized spacial score (nSPS) is 13.1. The van der Waals surface area contributed by atoms with Crippen LogP contribution in [-0.2, 0) is 30.4 Å². The highest BCUT2D eigenvalue weighted by atomic mass is 32.2. The Morgan fingerprint density at radius 1 is 0.879 bits per heavy atom. The van der Waals surface area contributed by atoms with E-state index in [0.717, 1.165) is 24.3 Å². The molecule has 13 nitrogen and oxygen atoms in total. The molecule has 3 aromatic rings. The number of phenolic OH excluding ortho intramolecular Hbond substituents is 1. The van der Waals surface area contributed by atoms with E-state index in [0.29, 0.717) is 6.07 Å². The number of rotatable bonds is 5. The Bertz CT molecular complexity index is 1650. The smallest absolute Gasteiger partial charge is 0.298 e. The number of aromatic hydroxyl groups is 1. The number of benzene rings is 3. The lowest BCUT2D eigenvalue weighted by atomic mass is 10.0. The molecule has 6 N–H and O–H groups in total. The summed E-state index contributed by atoms with van der Waals surface area (Å²) < 4.78 is 97.0. The van der Waals surface area contributed by atoms with Crippen LogP contribution in [0, 0.1) is 13.0 Å². The van der Waals surface area contributed by atoms with Crippen LogP contribution in [0.5, 0.6) is 5.75 Å². The van der Waals surface area contributed by atoms with Crippen molar-refractivity contribution < 1.29 is 44.0 Å². The summed E-state index contributed by atoms with van der Waals surface area (Å²) in [5.41, 5.74) is 5.01. The molecule has 3 aromatic carbocycles. The Morgan fingerprint density at radius 3 is 1.94 bits per heavy atom. The third-order valence-corrected chi connectivity index (χ3v) is 6.93. The topological polar surface area (TPSA) is 234 Å². The van der Waals surface area contributed by atoms with Crippen molar-refractivity contribution in [2.24, 2.45) is 10.2 Å². The summed E-state index contributed by atoms with van der Waals surface area (Å²) in [6, 6.07) is 7.23. The van der Waals surface area contributed by atoms with E-state index in [1.54, 1.807) is 0 Å². The third-order valence-electron chi connectivity index (χ3n) is 4.38. The number of aryl methyl sites for hydroxylation is 1. The maximum Gasteiger partial charge on any atom is 0.298 e. The Balaban J connectivity index is 2.30. The number of phenols is 1. The summed E-state index contributed by atoms with van der Waals surface area (Å²) in [7, 11) is -14.4. The molecule has 0 bridgehead atoms. The van der Waals surface area contributed by atoms with Crippen LogP contribution in [0.2, 0.25) is 0 Å². The lowest BCUT2D eigenvalue weighted by molar-refractivity contribution is 0.447. The van der Waals surface area contributed by atoms with E-state index in [4.69, 9.17) is 10.3 Å². The predicted molar refractivity (Wildman–Crippen MR) is 114 cm³/mol. The average Bonchev–Trinajstić information content (AvgIpc) is 2.67. The second-order valence-electron chi connectivity index (χ2n) is 6.61. The molecule has 0 saturated heterocycles. The summed E-state index contributed by atoms with van der Waals surface area (Å²) in [5, 5.41) is 17.2. The number of anilines is 1. The van der Waals surface area contributed by atoms with Crippen molar-refractivity contribution >= 4 is 58.2 Å². The van der Waals surface area contributed by atoms with Crippen molar-refractivity contribution in [2.75, 3.05) is 5.73 Å². The molecule has 0 saturated carbocycles. The number of nitrogens with zero attached hydrogens (tertiary/aromatic N) is 2. The van der Waals surface area contributed by atoms with Gasteiger partial charge in [-0.25, -0.2) is 0 Å². The van der Waals surface area contributed by atoms with Crippen LogP contribution in [0.1, 0.15) is 5.56 Å². The van der Waals surface area contributed by atoms with Gasteiger partial charge in [-0.05, 0) is 42.8 Å². The van der Waals surface area contributed by atoms with Gasteiger partial charge >= 0.3 is 0 Å². The van der Waals surface area contributed by atoms with Crippen molar-refractivity contribution in [2.45, 2.75) is 21.6 Å². The van der Waals surface area contributed by atoms with Crippen molar-refractivity contribution in [3.8, 4) is 5.75 Å². The van der Waals surface area contributed by atoms with E-state index < -0.39 is 67.6 Å². The quantitative estimate of drug-likeness (QED) is 0.187. The molecule has 33 heavy (non-hydrogen) atoms. The lowest BCUT2D eigenvalue weighted by Crippen LogP contribution is -2.05. The van der Waals surface area contributed by atoms with E-state index in [2.05, 4.69) is 16.3 Å². The molecule has 0 aromatic heterocycles. The fourth-order valence-corrected chi connectivity index (χ4v) is 4.73. The highest BCUT2D eigenvalue weighted by molar-refractivity contribution is 7.86. The Labute approximate surface area is 187 Å². The van der Waals surface area contributed by atoms with Gasteiger partial charge in [-0.2, -0.15) is 30.4 Å². The van der Waals surface area contributed by atoms with E-state index in [1.807, 2.05) is 0 Å². The van der Waals surface area contributed by atoms with Crippen molar-refractivity contribution in [1.82, 2.24) is 0 Å². The molecule has 0 unspecified atom stereocenters. The number of azo groups is 1. The fraction of sp³-hybridized carbons (Fsp3) is 0.0588. The molecule has 0 fully saturated rings. The van der Waals surface area contributed by atoms with Crippen LogP contribution in [0.3, 0.4) is 0 Å². The van der Waals surface area contributed by atoms with Gasteiger partial charge in [0.15, 0.2) is 0 Å². The molecule has 1 radical (unpaired) electrons. The molecule has 0 aliphatic heterocycles. The van der Waals surface area contributed by atoms with Gasteiger partial charge in [-0.3, -0.25) is 13.7 Å². The number of nitrogens with two attached hydrogens (primary N) is 1. The Morgan fingerprint density at radius 2 is 1.45 bits per heavy atom. The van der Waals surface area contributed by atoms with Crippen LogP contribution < -0.4 is 5.73 Å². The van der Waals surface area contributed by atoms with Crippen LogP contribution in [0.4, 0.5) is 17.1 Å². The van der Waals surface area contributed by atoms with Crippen LogP contribution in [0.15, 0.2) is 55.2 Å². The fourth-order valence-electron chi connectivity index (χ4n) is 2.95. The van der Waals surface area contributed by atoms with Gasteiger partial charge in [-0.15, -0.1) is 5.11 Å². The number of hydrogen-bond acceptors (Lipinski definition) is 10. The van der Waals surface area contributed by atoms with Gasteiger partial charge in [0, 0.05) is 16.8 Å². The molecule has 0 aliphatic carbocycles. The number of hydrogen-bond donors (Lipinski definition) is 5. The SMILES string of the molecule is Cc1[c]c(S(=O)(=O)O)c(O)c2cc(S(=O)(=O)O)c(N=Nc3ccc(S(=O)(=O)O)cc3)c(N)c12. The summed E-state index contributed by atoms with van der Waals surface area (Å²) in [4.78, 5) is -2.39. The van der Waals surface area contributed by atoms with Crippen molar-refractivity contribution in [3.63, 3.8) is 0 Å². The minimum Gasteiger partial charge on any atom is -0.506 e. The molecular weight excluding hydrogens is 502 g/mol. The summed E-state index contributed by atoms with van der Waals surface area (Å²) >= 11 is 0. The first-order chi connectivity index (χ1) is 15.0. The zero-order chi connectivity index (χ0) is 24.9. The van der Waals surface area contributed by atoms with E-state index in [1.165, 1.54) is 6.92 Å².